The number of para-hydroxylation sites is 2. The highest BCUT2D eigenvalue weighted by Crippen LogP contribution is 2.23. The molecule has 94 valence electrons. The van der Waals surface area contributed by atoms with Gasteiger partial charge in [0.05, 0.1) is 16.6 Å². The van der Waals surface area contributed by atoms with Crippen LogP contribution in [0.1, 0.15) is 11.1 Å². The second-order valence-corrected chi connectivity index (χ2v) is 3.94. The quantitative estimate of drug-likeness (QED) is 0.670. The molecule has 0 aliphatic rings. The Morgan fingerprint density at radius 1 is 1.16 bits per heavy atom. The predicted molar refractivity (Wildman–Crippen MR) is 71.6 cm³/mol. The minimum Gasteiger partial charge on any atom is -0.375 e. The molecule has 1 N–H and O–H groups in total. The van der Waals surface area contributed by atoms with E-state index in [4.69, 9.17) is 5.26 Å². The molecule has 5 heteroatoms. The van der Waals surface area contributed by atoms with E-state index in [1.165, 1.54) is 6.07 Å². The van der Waals surface area contributed by atoms with E-state index >= 15 is 0 Å². The molecule has 0 saturated heterocycles. The van der Waals surface area contributed by atoms with Crippen molar-refractivity contribution < 1.29 is 4.92 Å². The van der Waals surface area contributed by atoms with Crippen LogP contribution in [0.3, 0.4) is 0 Å². The van der Waals surface area contributed by atoms with Crippen LogP contribution in [0, 0.1) is 21.4 Å². The topological polar surface area (TPSA) is 79.0 Å². The van der Waals surface area contributed by atoms with E-state index in [9.17, 15) is 10.1 Å². The molecule has 0 atom stereocenters. The van der Waals surface area contributed by atoms with E-state index < -0.39 is 4.92 Å². The average molecular weight is 253 g/mol. The molecule has 0 radical (unpaired) electrons. The third kappa shape index (κ3) is 3.07. The molecule has 0 aliphatic carbocycles. The first-order valence-electron chi connectivity index (χ1n) is 5.67. The van der Waals surface area contributed by atoms with E-state index in [1.54, 1.807) is 30.3 Å². The van der Waals surface area contributed by atoms with E-state index in [0.717, 1.165) is 5.56 Å². The lowest BCUT2D eigenvalue weighted by atomic mass is 10.1. The van der Waals surface area contributed by atoms with Gasteiger partial charge in [-0.3, -0.25) is 10.1 Å². The van der Waals surface area contributed by atoms with E-state index in [0.29, 0.717) is 17.8 Å². The fourth-order valence-corrected chi connectivity index (χ4v) is 1.68. The lowest BCUT2D eigenvalue weighted by molar-refractivity contribution is -0.384. The van der Waals surface area contributed by atoms with E-state index in [1.807, 2.05) is 18.2 Å². The minimum absolute atomic E-state index is 0.0520. The molecule has 2 aromatic carbocycles. The fourth-order valence-electron chi connectivity index (χ4n) is 1.68. The summed E-state index contributed by atoms with van der Waals surface area (Å²) in [6.45, 7) is 0.469. The van der Waals surface area contributed by atoms with Crippen LogP contribution in [0.4, 0.5) is 11.4 Å². The van der Waals surface area contributed by atoms with Gasteiger partial charge in [-0.15, -0.1) is 0 Å². The van der Waals surface area contributed by atoms with Gasteiger partial charge in [-0.2, -0.15) is 5.26 Å². The SMILES string of the molecule is N#Cc1ccc(CNc2ccccc2[N+](=O)[O-])cc1. The zero-order valence-electron chi connectivity index (χ0n) is 10.0. The molecule has 0 heterocycles. The summed E-state index contributed by atoms with van der Waals surface area (Å²) in [4.78, 5) is 10.4. The van der Waals surface area contributed by atoms with Crippen molar-refractivity contribution in [3.05, 3.63) is 69.8 Å². The molecule has 0 fully saturated rings. The number of anilines is 1. The Kier molecular flexibility index (Phi) is 3.74. The van der Waals surface area contributed by atoms with Crippen molar-refractivity contribution in [3.63, 3.8) is 0 Å². The molecule has 2 rings (SSSR count). The number of hydrogen-bond donors (Lipinski definition) is 1. The summed E-state index contributed by atoms with van der Waals surface area (Å²) < 4.78 is 0. The summed E-state index contributed by atoms with van der Waals surface area (Å²) in [6, 6.07) is 15.6. The third-order valence-corrected chi connectivity index (χ3v) is 2.67. The Morgan fingerprint density at radius 3 is 2.47 bits per heavy atom. The number of benzene rings is 2. The molecule has 0 aromatic heterocycles. The average Bonchev–Trinajstić information content (AvgIpc) is 2.46. The summed E-state index contributed by atoms with van der Waals surface area (Å²) in [5.74, 6) is 0. The molecule has 19 heavy (non-hydrogen) atoms. The number of rotatable bonds is 4. The van der Waals surface area contributed by atoms with Crippen molar-refractivity contribution in [1.82, 2.24) is 0 Å². The maximum absolute atomic E-state index is 10.8. The van der Waals surface area contributed by atoms with Crippen molar-refractivity contribution in [2.24, 2.45) is 0 Å². The van der Waals surface area contributed by atoms with Gasteiger partial charge in [0, 0.05) is 12.6 Å². The van der Waals surface area contributed by atoms with Gasteiger partial charge in [0.1, 0.15) is 5.69 Å². The van der Waals surface area contributed by atoms with Crippen molar-refractivity contribution in [2.75, 3.05) is 5.32 Å². The maximum atomic E-state index is 10.8. The van der Waals surface area contributed by atoms with Crippen LogP contribution in [0.2, 0.25) is 0 Å². The number of hydrogen-bond acceptors (Lipinski definition) is 4. The zero-order chi connectivity index (χ0) is 13.7. The molecular formula is C14H11N3O2. The van der Waals surface area contributed by atoms with Crippen LogP contribution < -0.4 is 5.32 Å². The summed E-state index contributed by atoms with van der Waals surface area (Å²) >= 11 is 0. The van der Waals surface area contributed by atoms with Gasteiger partial charge in [-0.05, 0) is 23.8 Å². The molecule has 0 aliphatic heterocycles. The van der Waals surface area contributed by atoms with Gasteiger partial charge in [-0.25, -0.2) is 0 Å². The van der Waals surface area contributed by atoms with Crippen LogP contribution in [-0.4, -0.2) is 4.92 Å². The number of nitriles is 1. The molecule has 0 spiro atoms. The third-order valence-electron chi connectivity index (χ3n) is 2.67. The first kappa shape index (κ1) is 12.6. The molecule has 5 nitrogen and oxygen atoms in total. The van der Waals surface area contributed by atoms with E-state index in [-0.39, 0.29) is 5.69 Å². The van der Waals surface area contributed by atoms with Gasteiger partial charge in [0.25, 0.3) is 5.69 Å². The van der Waals surface area contributed by atoms with Crippen molar-refractivity contribution in [1.29, 1.82) is 5.26 Å². The lowest BCUT2D eigenvalue weighted by Gasteiger charge is -2.07. The fraction of sp³-hybridized carbons (Fsp3) is 0.0714. The van der Waals surface area contributed by atoms with Crippen LogP contribution in [0.25, 0.3) is 0 Å². The summed E-state index contributed by atoms with van der Waals surface area (Å²) in [6.07, 6.45) is 0. The Bertz CT molecular complexity index is 630. The normalized spacial score (nSPS) is 9.63. The van der Waals surface area contributed by atoms with Gasteiger partial charge in [-0.1, -0.05) is 24.3 Å². The highest BCUT2D eigenvalue weighted by atomic mass is 16.6. The summed E-state index contributed by atoms with van der Waals surface area (Å²) in [5.41, 5.74) is 2.08. The standard InChI is InChI=1S/C14H11N3O2/c15-9-11-5-7-12(8-6-11)10-16-13-3-1-2-4-14(13)17(18)19/h1-8,16H,10H2. The van der Waals surface area contributed by atoms with Gasteiger partial charge < -0.3 is 5.32 Å². The molecular weight excluding hydrogens is 242 g/mol. The summed E-state index contributed by atoms with van der Waals surface area (Å²) in [5, 5.41) is 22.6. The van der Waals surface area contributed by atoms with Gasteiger partial charge >= 0.3 is 0 Å². The Balaban J connectivity index is 2.10. The molecule has 0 saturated carbocycles. The molecule has 2 aromatic rings. The lowest BCUT2D eigenvalue weighted by Crippen LogP contribution is -2.02. The largest absolute Gasteiger partial charge is 0.375 e. The Hall–Kier alpha value is -2.87. The first-order chi connectivity index (χ1) is 9.20. The second kappa shape index (κ2) is 5.65. The maximum Gasteiger partial charge on any atom is 0.292 e. The van der Waals surface area contributed by atoms with Crippen molar-refractivity contribution in [2.45, 2.75) is 6.54 Å². The zero-order valence-corrected chi connectivity index (χ0v) is 10.0. The Labute approximate surface area is 110 Å². The first-order valence-corrected chi connectivity index (χ1v) is 5.67. The van der Waals surface area contributed by atoms with Crippen LogP contribution in [0.15, 0.2) is 48.5 Å². The van der Waals surface area contributed by atoms with Crippen molar-refractivity contribution in [3.8, 4) is 6.07 Å². The number of nitrogens with one attached hydrogen (secondary N) is 1. The molecule has 0 unspecified atom stereocenters. The Morgan fingerprint density at radius 2 is 1.84 bits per heavy atom. The number of nitro groups is 1. The van der Waals surface area contributed by atoms with E-state index in [2.05, 4.69) is 5.32 Å². The van der Waals surface area contributed by atoms with Gasteiger partial charge in [0.2, 0.25) is 0 Å². The predicted octanol–water partition coefficient (Wildman–Crippen LogP) is 3.08. The van der Waals surface area contributed by atoms with Gasteiger partial charge in [0.15, 0.2) is 0 Å². The smallest absolute Gasteiger partial charge is 0.292 e. The van der Waals surface area contributed by atoms with Crippen LogP contribution >= 0.6 is 0 Å². The molecule has 0 amide bonds. The summed E-state index contributed by atoms with van der Waals surface area (Å²) in [7, 11) is 0. The highest BCUT2D eigenvalue weighted by molar-refractivity contribution is 5.61. The molecule has 0 bridgehead atoms. The number of nitrogens with zero attached hydrogens (tertiary/aromatic N) is 2. The number of nitro benzene ring substituents is 1. The minimum atomic E-state index is -0.416. The van der Waals surface area contributed by atoms with Crippen molar-refractivity contribution >= 4 is 11.4 Å². The van der Waals surface area contributed by atoms with Crippen LogP contribution in [0.5, 0.6) is 0 Å². The highest BCUT2D eigenvalue weighted by Gasteiger charge is 2.11. The van der Waals surface area contributed by atoms with Crippen LogP contribution in [-0.2, 0) is 6.54 Å². The second-order valence-electron chi connectivity index (χ2n) is 3.94. The monoisotopic (exact) mass is 253 g/mol.